The van der Waals surface area contributed by atoms with Gasteiger partial charge >= 0.3 is 5.97 Å². The van der Waals surface area contributed by atoms with E-state index in [0.29, 0.717) is 6.04 Å². The maximum Gasteiger partial charge on any atom is 0.335 e. The first-order chi connectivity index (χ1) is 12.6. The third kappa shape index (κ3) is 1.72. The number of fused-ring (bicyclic) bond motifs is 1. The van der Waals surface area contributed by atoms with Gasteiger partial charge in [0.1, 0.15) is 0 Å². The summed E-state index contributed by atoms with van der Waals surface area (Å²) in [6.45, 7) is 4.65. The van der Waals surface area contributed by atoms with Crippen LogP contribution in [0.25, 0.3) is 0 Å². The van der Waals surface area contributed by atoms with Crippen LogP contribution in [0.15, 0.2) is 35.5 Å². The quantitative estimate of drug-likeness (QED) is 0.763. The second-order valence-corrected chi connectivity index (χ2v) is 8.55. The number of hydrogen-bond acceptors (Lipinski definition) is 4. The van der Waals surface area contributed by atoms with Gasteiger partial charge in [0.2, 0.25) is 0 Å². The molecule has 4 aliphatic rings. The number of likely N-dealkylation sites (N-methyl/N-ethyl adjacent to an activating group) is 1. The number of nitrogens with zero attached hydrogens (tertiary/aromatic N) is 2. The van der Waals surface area contributed by atoms with Gasteiger partial charge in [0.05, 0.1) is 18.1 Å². The van der Waals surface area contributed by atoms with Crippen molar-refractivity contribution in [1.29, 1.82) is 0 Å². The molecule has 138 valence electrons. The molecule has 4 heteroatoms. The molecule has 0 radical (unpaired) electrons. The van der Waals surface area contributed by atoms with Crippen molar-refractivity contribution in [3.63, 3.8) is 0 Å². The van der Waals surface area contributed by atoms with Crippen LogP contribution >= 0.6 is 0 Å². The van der Waals surface area contributed by atoms with Crippen molar-refractivity contribution < 1.29 is 9.53 Å². The van der Waals surface area contributed by atoms with Crippen molar-refractivity contribution in [3.05, 3.63) is 41.1 Å². The molecule has 2 fully saturated rings. The monoisotopic (exact) mass is 352 g/mol. The molecule has 1 aliphatic carbocycles. The highest BCUT2D eigenvalue weighted by Crippen LogP contribution is 2.66. The minimum atomic E-state index is -0.130. The van der Waals surface area contributed by atoms with Gasteiger partial charge < -0.3 is 9.64 Å². The van der Waals surface area contributed by atoms with Crippen molar-refractivity contribution >= 4 is 11.7 Å². The molecule has 0 N–H and O–H groups in total. The second kappa shape index (κ2) is 5.35. The Bertz CT molecular complexity index is 816. The minimum Gasteiger partial charge on any atom is -0.466 e. The summed E-state index contributed by atoms with van der Waals surface area (Å²) in [5, 5.41) is 0. The van der Waals surface area contributed by atoms with E-state index in [1.165, 1.54) is 43.4 Å². The van der Waals surface area contributed by atoms with Gasteiger partial charge in [-0.2, -0.15) is 0 Å². The largest absolute Gasteiger partial charge is 0.466 e. The lowest BCUT2D eigenvalue weighted by Gasteiger charge is -2.56. The van der Waals surface area contributed by atoms with Crippen molar-refractivity contribution in [2.45, 2.75) is 50.5 Å². The summed E-state index contributed by atoms with van der Waals surface area (Å²) in [6.07, 6.45) is 5.53. The molecule has 0 aromatic heterocycles. The second-order valence-electron chi connectivity index (χ2n) is 8.55. The molecule has 26 heavy (non-hydrogen) atoms. The Balaban J connectivity index is 1.85. The lowest BCUT2D eigenvalue weighted by Crippen LogP contribution is -2.60. The summed E-state index contributed by atoms with van der Waals surface area (Å²) in [5.41, 5.74) is 4.97. The number of para-hydroxylation sites is 1. The molecule has 3 aliphatic heterocycles. The summed E-state index contributed by atoms with van der Waals surface area (Å²) >= 11 is 0. The van der Waals surface area contributed by atoms with Crippen LogP contribution in [0.1, 0.15) is 44.6 Å². The van der Waals surface area contributed by atoms with Gasteiger partial charge in [-0.3, -0.25) is 4.90 Å². The SMILES string of the molecule is CC[C@]12CCCN3CC[C@]4(C(=C(C(=O)OC)C1)N(C)c1ccccc14)[C@@H]32. The molecule has 0 saturated carbocycles. The standard InChI is InChI=1S/C22H28N2O2/c1-4-21-10-7-12-24-13-11-22(20(21)24)16-8-5-6-9-17(16)23(2)18(22)15(14-21)19(25)26-3/h5-6,8-9,20H,4,7,10-14H2,1-3H3/t20-,21-,22-/m0/s1. The highest BCUT2D eigenvalue weighted by atomic mass is 16.5. The molecule has 3 atom stereocenters. The first kappa shape index (κ1) is 16.4. The fraction of sp³-hybridized carbons (Fsp3) is 0.591. The molecule has 3 heterocycles. The predicted molar refractivity (Wildman–Crippen MR) is 102 cm³/mol. The van der Waals surface area contributed by atoms with Gasteiger partial charge in [-0.1, -0.05) is 25.1 Å². The topological polar surface area (TPSA) is 32.8 Å². The van der Waals surface area contributed by atoms with Crippen molar-refractivity contribution in [2.75, 3.05) is 32.1 Å². The molecule has 0 bridgehead atoms. The third-order valence-electron chi connectivity index (χ3n) is 7.78. The van der Waals surface area contributed by atoms with Crippen LogP contribution in [0, 0.1) is 5.41 Å². The zero-order valence-electron chi connectivity index (χ0n) is 16.0. The number of esters is 1. The molecular formula is C22H28N2O2. The highest BCUT2D eigenvalue weighted by molar-refractivity contribution is 5.93. The number of ether oxygens (including phenoxy) is 1. The van der Waals surface area contributed by atoms with E-state index in [1.54, 1.807) is 0 Å². The highest BCUT2D eigenvalue weighted by Gasteiger charge is 2.67. The number of carbonyl (C=O) groups excluding carboxylic acids is 1. The van der Waals surface area contributed by atoms with E-state index in [2.05, 4.69) is 48.0 Å². The van der Waals surface area contributed by atoms with E-state index in [1.807, 2.05) is 0 Å². The first-order valence-electron chi connectivity index (χ1n) is 9.98. The van der Waals surface area contributed by atoms with Gasteiger partial charge in [-0.25, -0.2) is 4.79 Å². The van der Waals surface area contributed by atoms with Crippen LogP contribution in [-0.4, -0.2) is 44.2 Å². The average molecular weight is 352 g/mol. The Labute approximate surface area is 155 Å². The van der Waals surface area contributed by atoms with Gasteiger partial charge in [-0.15, -0.1) is 0 Å². The molecule has 5 rings (SSSR count). The Hall–Kier alpha value is -1.81. The molecule has 0 amide bonds. The molecular weight excluding hydrogens is 324 g/mol. The lowest BCUT2D eigenvalue weighted by atomic mass is 9.53. The number of benzene rings is 1. The molecule has 1 spiro atoms. The maximum atomic E-state index is 12.9. The van der Waals surface area contributed by atoms with Crippen molar-refractivity contribution in [1.82, 2.24) is 4.90 Å². The van der Waals surface area contributed by atoms with Gasteiger partial charge in [-0.05, 0) is 62.2 Å². The van der Waals surface area contributed by atoms with E-state index in [9.17, 15) is 4.79 Å². The number of carbonyl (C=O) groups is 1. The van der Waals surface area contributed by atoms with E-state index >= 15 is 0 Å². The average Bonchev–Trinajstić information content (AvgIpc) is 3.19. The zero-order valence-corrected chi connectivity index (χ0v) is 16.0. The number of piperidine rings is 1. The molecule has 4 nitrogen and oxygen atoms in total. The molecule has 1 aromatic rings. The molecule has 0 unspecified atom stereocenters. The first-order valence-corrected chi connectivity index (χ1v) is 9.98. The number of anilines is 1. The fourth-order valence-corrected chi connectivity index (χ4v) is 6.92. The molecule has 1 aromatic carbocycles. The Morgan fingerprint density at radius 1 is 1.27 bits per heavy atom. The van der Waals surface area contributed by atoms with E-state index in [4.69, 9.17) is 4.74 Å². The number of methoxy groups -OCH3 is 1. The van der Waals surface area contributed by atoms with Crippen molar-refractivity contribution in [3.8, 4) is 0 Å². The van der Waals surface area contributed by atoms with Gasteiger partial charge in [0.15, 0.2) is 0 Å². The van der Waals surface area contributed by atoms with Crippen LogP contribution in [-0.2, 0) is 14.9 Å². The Morgan fingerprint density at radius 3 is 2.85 bits per heavy atom. The van der Waals surface area contributed by atoms with E-state index in [-0.39, 0.29) is 16.8 Å². The van der Waals surface area contributed by atoms with Crippen LogP contribution < -0.4 is 4.90 Å². The van der Waals surface area contributed by atoms with Gasteiger partial charge in [0.25, 0.3) is 0 Å². The lowest BCUT2D eigenvalue weighted by molar-refractivity contribution is -0.137. The fourth-order valence-electron chi connectivity index (χ4n) is 6.92. The van der Waals surface area contributed by atoms with Crippen LogP contribution in [0.2, 0.25) is 0 Å². The Kier molecular flexibility index (Phi) is 3.37. The summed E-state index contributed by atoms with van der Waals surface area (Å²) in [4.78, 5) is 17.9. The third-order valence-corrected chi connectivity index (χ3v) is 7.78. The summed E-state index contributed by atoms with van der Waals surface area (Å²) < 4.78 is 5.28. The summed E-state index contributed by atoms with van der Waals surface area (Å²) in [7, 11) is 3.66. The smallest absolute Gasteiger partial charge is 0.335 e. The minimum absolute atomic E-state index is 0.0520. The summed E-state index contributed by atoms with van der Waals surface area (Å²) in [5.74, 6) is -0.130. The van der Waals surface area contributed by atoms with Crippen molar-refractivity contribution in [2.24, 2.45) is 5.41 Å². The number of hydrogen-bond donors (Lipinski definition) is 0. The molecule has 2 saturated heterocycles. The number of rotatable bonds is 2. The van der Waals surface area contributed by atoms with Gasteiger partial charge in [0, 0.05) is 24.5 Å². The maximum absolute atomic E-state index is 12.9. The zero-order chi connectivity index (χ0) is 18.1. The summed E-state index contributed by atoms with van der Waals surface area (Å²) in [6, 6.07) is 9.29. The van der Waals surface area contributed by atoms with Crippen LogP contribution in [0.5, 0.6) is 0 Å². The van der Waals surface area contributed by atoms with E-state index < -0.39 is 0 Å². The normalized spacial score (nSPS) is 35.2. The Morgan fingerprint density at radius 2 is 2.08 bits per heavy atom. The van der Waals surface area contributed by atoms with E-state index in [0.717, 1.165) is 31.4 Å². The van der Waals surface area contributed by atoms with Crippen LogP contribution in [0.4, 0.5) is 5.69 Å². The van der Waals surface area contributed by atoms with Crippen LogP contribution in [0.3, 0.4) is 0 Å². The predicted octanol–water partition coefficient (Wildman–Crippen LogP) is 3.47.